The molecule has 0 unspecified atom stereocenters. The smallest absolute Gasteiger partial charge is 0.352 e. The highest BCUT2D eigenvalue weighted by Crippen LogP contribution is 2.35. The van der Waals surface area contributed by atoms with E-state index in [4.69, 9.17) is 0 Å². The topological polar surface area (TPSA) is 75.6 Å². The van der Waals surface area contributed by atoms with E-state index in [-0.39, 0.29) is 23.6 Å². The molecule has 1 aliphatic carbocycles. The molecule has 0 amide bonds. The second kappa shape index (κ2) is 6.81. The summed E-state index contributed by atoms with van der Waals surface area (Å²) in [6.07, 6.45) is -0.244. The Labute approximate surface area is 143 Å². The molecule has 134 valence electrons. The van der Waals surface area contributed by atoms with Gasteiger partial charge in [-0.1, -0.05) is 6.42 Å². The van der Waals surface area contributed by atoms with Crippen LogP contribution in [0.5, 0.6) is 0 Å². The molecule has 6 nitrogen and oxygen atoms in total. The van der Waals surface area contributed by atoms with E-state index in [1.807, 2.05) is 13.8 Å². The van der Waals surface area contributed by atoms with Crippen LogP contribution < -0.4 is 10.6 Å². The molecular formula is C16H19F3N6. The van der Waals surface area contributed by atoms with Crippen LogP contribution in [-0.4, -0.2) is 26.0 Å². The quantitative estimate of drug-likeness (QED) is 0.843. The molecule has 0 spiro atoms. The third kappa shape index (κ3) is 4.34. The van der Waals surface area contributed by atoms with E-state index in [0.29, 0.717) is 11.8 Å². The molecule has 2 N–H and O–H groups in total. The molecule has 0 aliphatic heterocycles. The molecule has 9 heteroatoms. The number of rotatable bonds is 5. The van der Waals surface area contributed by atoms with Crippen LogP contribution in [0, 0.1) is 0 Å². The van der Waals surface area contributed by atoms with Crippen molar-refractivity contribution in [2.75, 3.05) is 10.6 Å². The first-order valence-electron chi connectivity index (χ1n) is 8.14. The summed E-state index contributed by atoms with van der Waals surface area (Å²) in [5.74, 6) is 1.58. The largest absolute Gasteiger partial charge is 0.433 e. The van der Waals surface area contributed by atoms with Gasteiger partial charge in [0.1, 0.15) is 11.5 Å². The van der Waals surface area contributed by atoms with E-state index >= 15 is 0 Å². The van der Waals surface area contributed by atoms with Gasteiger partial charge in [0.2, 0.25) is 11.9 Å². The van der Waals surface area contributed by atoms with Gasteiger partial charge in [0, 0.05) is 23.8 Å². The first-order chi connectivity index (χ1) is 11.8. The Morgan fingerprint density at radius 1 is 1.12 bits per heavy atom. The van der Waals surface area contributed by atoms with Gasteiger partial charge < -0.3 is 10.6 Å². The Morgan fingerprint density at radius 3 is 2.44 bits per heavy atom. The molecule has 0 radical (unpaired) electrons. The Bertz CT molecular complexity index is 743. The third-order valence-electron chi connectivity index (χ3n) is 3.85. The first-order valence-corrected chi connectivity index (χ1v) is 8.14. The van der Waals surface area contributed by atoms with Crippen LogP contribution in [0.25, 0.3) is 0 Å². The lowest BCUT2D eigenvalue weighted by Gasteiger charge is -2.24. The van der Waals surface area contributed by atoms with Crippen molar-refractivity contribution in [3.8, 4) is 0 Å². The van der Waals surface area contributed by atoms with E-state index in [1.54, 1.807) is 0 Å². The van der Waals surface area contributed by atoms with E-state index in [0.717, 1.165) is 31.5 Å². The molecule has 2 aromatic rings. The highest BCUT2D eigenvalue weighted by molar-refractivity contribution is 5.54. The number of pyridine rings is 1. The summed E-state index contributed by atoms with van der Waals surface area (Å²) >= 11 is 0. The fraction of sp³-hybridized carbons (Fsp3) is 0.500. The number of hydrogen-bond acceptors (Lipinski definition) is 6. The van der Waals surface area contributed by atoms with Gasteiger partial charge in [-0.2, -0.15) is 28.1 Å². The number of nitrogens with zero attached hydrogens (tertiary/aromatic N) is 4. The molecule has 1 fully saturated rings. The van der Waals surface area contributed by atoms with Gasteiger partial charge in [0.15, 0.2) is 0 Å². The second-order valence-corrected chi connectivity index (χ2v) is 6.32. The number of halogens is 3. The van der Waals surface area contributed by atoms with Crippen molar-refractivity contribution in [2.45, 2.75) is 51.2 Å². The molecular weight excluding hydrogens is 333 g/mol. The molecule has 3 rings (SSSR count). The fourth-order valence-electron chi connectivity index (χ4n) is 2.41. The van der Waals surface area contributed by atoms with Gasteiger partial charge >= 0.3 is 6.18 Å². The Hall–Kier alpha value is -2.45. The van der Waals surface area contributed by atoms with Crippen molar-refractivity contribution in [3.05, 3.63) is 29.8 Å². The van der Waals surface area contributed by atoms with Crippen LogP contribution in [-0.2, 0) is 6.18 Å². The first kappa shape index (κ1) is 17.4. The Balaban J connectivity index is 1.88. The molecule has 1 aliphatic rings. The minimum atomic E-state index is -4.50. The average Bonchev–Trinajstić information content (AvgIpc) is 2.43. The number of alkyl halides is 3. The van der Waals surface area contributed by atoms with Gasteiger partial charge in [-0.05, 0) is 38.8 Å². The van der Waals surface area contributed by atoms with Crippen molar-refractivity contribution >= 4 is 17.6 Å². The monoisotopic (exact) mass is 352 g/mol. The van der Waals surface area contributed by atoms with Crippen molar-refractivity contribution in [2.24, 2.45) is 0 Å². The molecule has 0 aromatic carbocycles. The van der Waals surface area contributed by atoms with Crippen molar-refractivity contribution < 1.29 is 13.2 Å². The van der Waals surface area contributed by atoms with Crippen LogP contribution in [0.15, 0.2) is 18.3 Å². The predicted octanol–water partition coefficient (Wildman–Crippen LogP) is 4.12. The summed E-state index contributed by atoms with van der Waals surface area (Å²) in [5, 5.41) is 5.95. The molecule has 2 aromatic heterocycles. The van der Waals surface area contributed by atoms with Crippen LogP contribution in [0.1, 0.15) is 50.5 Å². The Kier molecular flexibility index (Phi) is 4.73. The standard InChI is InChI=1S/C16H19F3N6/c1-9(2)21-14-23-13(10-4-3-5-10)24-15(25-14)22-11-6-7-20-12(8-11)16(17,18)19/h6-10H,3-5H2,1-2H3,(H2,20,21,22,23,24,25). The van der Waals surface area contributed by atoms with Gasteiger partial charge in [-0.25, -0.2) is 0 Å². The zero-order chi connectivity index (χ0) is 18.0. The summed E-state index contributed by atoms with van der Waals surface area (Å²) in [6.45, 7) is 3.91. The molecule has 0 bridgehead atoms. The van der Waals surface area contributed by atoms with Gasteiger partial charge in [-0.3, -0.25) is 4.98 Å². The molecule has 25 heavy (non-hydrogen) atoms. The van der Waals surface area contributed by atoms with E-state index in [9.17, 15) is 13.2 Å². The van der Waals surface area contributed by atoms with Crippen molar-refractivity contribution in [1.29, 1.82) is 0 Å². The average molecular weight is 352 g/mol. The molecule has 2 heterocycles. The molecule has 0 atom stereocenters. The molecule has 0 saturated heterocycles. The summed E-state index contributed by atoms with van der Waals surface area (Å²) in [4.78, 5) is 16.4. The highest BCUT2D eigenvalue weighted by atomic mass is 19.4. The third-order valence-corrected chi connectivity index (χ3v) is 3.85. The van der Waals surface area contributed by atoms with Crippen molar-refractivity contribution in [1.82, 2.24) is 19.9 Å². The van der Waals surface area contributed by atoms with E-state index in [2.05, 4.69) is 30.6 Å². The van der Waals surface area contributed by atoms with Crippen LogP contribution in [0.4, 0.5) is 30.8 Å². The summed E-state index contributed by atoms with van der Waals surface area (Å²) in [5.41, 5.74) is -0.741. The predicted molar refractivity (Wildman–Crippen MR) is 87.7 cm³/mol. The maximum atomic E-state index is 12.8. The SMILES string of the molecule is CC(C)Nc1nc(Nc2ccnc(C(F)(F)F)c2)nc(C2CCC2)n1. The number of aromatic nitrogens is 4. The maximum absolute atomic E-state index is 12.8. The number of anilines is 3. The maximum Gasteiger partial charge on any atom is 0.433 e. The lowest BCUT2D eigenvalue weighted by atomic mass is 9.85. The zero-order valence-corrected chi connectivity index (χ0v) is 13.9. The zero-order valence-electron chi connectivity index (χ0n) is 13.9. The van der Waals surface area contributed by atoms with E-state index < -0.39 is 11.9 Å². The summed E-state index contributed by atoms with van der Waals surface area (Å²) in [6, 6.07) is 2.50. The Morgan fingerprint density at radius 2 is 1.84 bits per heavy atom. The lowest BCUT2D eigenvalue weighted by Crippen LogP contribution is -2.19. The van der Waals surface area contributed by atoms with E-state index in [1.165, 1.54) is 6.07 Å². The second-order valence-electron chi connectivity index (χ2n) is 6.32. The van der Waals surface area contributed by atoms with Crippen molar-refractivity contribution in [3.63, 3.8) is 0 Å². The lowest BCUT2D eigenvalue weighted by molar-refractivity contribution is -0.141. The van der Waals surface area contributed by atoms with Crippen LogP contribution >= 0.6 is 0 Å². The van der Waals surface area contributed by atoms with Gasteiger partial charge in [-0.15, -0.1) is 0 Å². The van der Waals surface area contributed by atoms with Crippen LogP contribution in [0.3, 0.4) is 0 Å². The molecule has 1 saturated carbocycles. The van der Waals surface area contributed by atoms with Gasteiger partial charge in [0.25, 0.3) is 0 Å². The summed E-state index contributed by atoms with van der Waals surface area (Å²) < 4.78 is 38.4. The summed E-state index contributed by atoms with van der Waals surface area (Å²) in [7, 11) is 0. The number of nitrogens with one attached hydrogen (secondary N) is 2. The minimum Gasteiger partial charge on any atom is -0.352 e. The normalized spacial score (nSPS) is 15.1. The number of hydrogen-bond donors (Lipinski definition) is 2. The van der Waals surface area contributed by atoms with Gasteiger partial charge in [0.05, 0.1) is 0 Å². The van der Waals surface area contributed by atoms with Crippen LogP contribution in [0.2, 0.25) is 0 Å². The fourth-order valence-corrected chi connectivity index (χ4v) is 2.41. The highest BCUT2D eigenvalue weighted by Gasteiger charge is 2.32. The minimum absolute atomic E-state index is 0.127.